The predicted molar refractivity (Wildman–Crippen MR) is 352 cm³/mol. The third kappa shape index (κ3) is 42.5. The topological polar surface area (TPSA) is 288 Å². The fraction of sp³-hybridized carbons (Fsp3) is 0.926. The van der Waals surface area contributed by atoms with Gasteiger partial charge in [-0.3, -0.25) is 23.4 Å². The first-order chi connectivity index (χ1) is 43.9. The van der Waals surface area contributed by atoms with Crippen LogP contribution in [0.4, 0.5) is 0 Å². The molecule has 2 heterocycles. The molecule has 2 rings (SSSR count). The fourth-order valence-electron chi connectivity index (χ4n) is 11.8. The van der Waals surface area contributed by atoms with E-state index in [2.05, 4.69) is 39.8 Å². The second kappa shape index (κ2) is 54.3. The molecule has 21 nitrogen and oxygen atoms in total. The van der Waals surface area contributed by atoms with Crippen LogP contribution in [0.25, 0.3) is 0 Å². The minimum absolute atomic E-state index is 0.0246. The summed E-state index contributed by atoms with van der Waals surface area (Å²) in [5.41, 5.74) is 0. The van der Waals surface area contributed by atoms with Gasteiger partial charge in [0.15, 0.2) is 18.5 Å². The third-order valence-electron chi connectivity index (χ3n) is 17.1. The van der Waals surface area contributed by atoms with Crippen molar-refractivity contribution in [2.75, 3.05) is 40.6 Å². The van der Waals surface area contributed by atoms with Gasteiger partial charge in [-0.05, 0) is 57.8 Å². The Labute approximate surface area is 548 Å². The molecule has 2 aliphatic rings. The maximum Gasteiger partial charge on any atom is 0.472 e. The van der Waals surface area contributed by atoms with Crippen LogP contribution in [-0.4, -0.2) is 151 Å². The molecular weight excluding hydrogens is 1210 g/mol. The quantitative estimate of drug-likeness (QED) is 0.0124. The van der Waals surface area contributed by atoms with Crippen molar-refractivity contribution in [2.45, 2.75) is 365 Å². The number of aliphatic hydroxyl groups is 1. The predicted octanol–water partition coefficient (Wildman–Crippen LogP) is 15.2. The van der Waals surface area contributed by atoms with Gasteiger partial charge >= 0.3 is 27.6 Å². The molecule has 0 aromatic rings. The van der Waals surface area contributed by atoms with Gasteiger partial charge in [0.25, 0.3) is 0 Å². The maximum atomic E-state index is 14.0. The summed E-state index contributed by atoms with van der Waals surface area (Å²) in [5, 5.41) is 12.2. The highest BCUT2D eigenvalue weighted by molar-refractivity contribution is 7.46. The molecule has 0 aliphatic carbocycles. The van der Waals surface area contributed by atoms with Crippen LogP contribution in [0.5, 0.6) is 0 Å². The summed E-state index contributed by atoms with van der Waals surface area (Å²) in [7, 11) is -7.81. The normalized spacial score (nSPS) is 22.6. The number of carbonyl (C=O) groups excluding carboxylic acids is 3. The molecule has 0 bridgehead atoms. The monoisotopic (exact) mass is 1340 g/mol. The van der Waals surface area contributed by atoms with E-state index in [0.29, 0.717) is 25.7 Å². The molecule has 0 unspecified atom stereocenters. The highest BCUT2D eigenvalue weighted by atomic mass is 31.2. The van der Waals surface area contributed by atoms with Gasteiger partial charge < -0.3 is 67.3 Å². The van der Waals surface area contributed by atoms with Gasteiger partial charge in [-0.15, -0.1) is 0 Å². The Kier molecular flexibility index (Phi) is 50.9. The van der Waals surface area contributed by atoms with E-state index in [1.807, 2.05) is 0 Å². The Morgan fingerprint density at radius 3 is 1.40 bits per heavy atom. The highest BCUT2D eigenvalue weighted by Gasteiger charge is 2.55. The van der Waals surface area contributed by atoms with E-state index in [-0.39, 0.29) is 44.5 Å². The number of carbonyl (C=O) groups is 3. The molecular formula is C68H128O21P2. The number of aliphatic hydroxyl groups excluding tert-OH is 1. The van der Waals surface area contributed by atoms with E-state index in [0.717, 1.165) is 148 Å². The molecule has 11 atom stereocenters. The molecule has 0 saturated carbocycles. The van der Waals surface area contributed by atoms with Gasteiger partial charge in [0.1, 0.15) is 48.8 Å². The van der Waals surface area contributed by atoms with Crippen molar-refractivity contribution in [3.8, 4) is 0 Å². The summed E-state index contributed by atoms with van der Waals surface area (Å²) in [4.78, 5) is 81.9. The molecule has 91 heavy (non-hydrogen) atoms. The number of hydrogen-bond donors (Lipinski definition) is 5. The van der Waals surface area contributed by atoms with Crippen LogP contribution in [0.1, 0.15) is 297 Å². The Balaban J connectivity index is 2.45. The Morgan fingerprint density at radius 2 is 0.879 bits per heavy atom. The number of unbranched alkanes of at least 4 members (excludes halogenated alkanes) is 32. The molecule has 0 amide bonds. The SMILES string of the molecule is CCCCCC/C=C\CCCCCCCCCC(=O)O[C@H]1[C@H](OC[C@H]2O[C@H](OP(=O)(O)O)[C@H](OC(=O)CC(=O)CCCCCCCCCCC)[C@@H](OCCCCCCCCCCCC)[C@@H]2O)O[C@H](COC)[C@@H](OP(=O)(O)O)[C@@H]1OCC[C@@H](CCCCCCC)OC. The summed E-state index contributed by atoms with van der Waals surface area (Å²) in [6.07, 6.45) is 27.0. The Hall–Kier alpha value is -1.75. The summed E-state index contributed by atoms with van der Waals surface area (Å²) in [6, 6.07) is 0. The minimum Gasteiger partial charge on any atom is -0.454 e. The lowest BCUT2D eigenvalue weighted by molar-refractivity contribution is -0.330. The number of Topliss-reactive ketones (excluding diaryl/α,β-unsaturated/α-hetero) is 1. The third-order valence-corrected chi connectivity index (χ3v) is 18.1. The van der Waals surface area contributed by atoms with Gasteiger partial charge in [0.05, 0.1) is 19.3 Å². The van der Waals surface area contributed by atoms with E-state index in [1.54, 1.807) is 7.11 Å². The second-order valence-corrected chi connectivity index (χ2v) is 27.6. The molecule has 0 aromatic heterocycles. The maximum absolute atomic E-state index is 14.0. The van der Waals surface area contributed by atoms with Crippen LogP contribution in [0.3, 0.4) is 0 Å². The molecule has 0 spiro atoms. The molecule has 0 radical (unpaired) electrons. The smallest absolute Gasteiger partial charge is 0.454 e. The molecule has 536 valence electrons. The number of allylic oxidation sites excluding steroid dienone is 2. The second-order valence-electron chi connectivity index (χ2n) is 25.3. The molecule has 23 heteroatoms. The summed E-state index contributed by atoms with van der Waals surface area (Å²) in [6.45, 7) is 7.72. The van der Waals surface area contributed by atoms with Crippen LogP contribution >= 0.6 is 15.6 Å². The zero-order chi connectivity index (χ0) is 66.8. The lowest BCUT2D eigenvalue weighted by Gasteiger charge is -2.46. The van der Waals surface area contributed by atoms with Gasteiger partial charge in [-0.2, -0.15) is 0 Å². The van der Waals surface area contributed by atoms with Crippen LogP contribution in [0.2, 0.25) is 0 Å². The minimum atomic E-state index is -5.45. The van der Waals surface area contributed by atoms with Crippen LogP contribution in [0, 0.1) is 0 Å². The lowest BCUT2D eigenvalue weighted by Crippen LogP contribution is -2.64. The fourth-order valence-corrected chi connectivity index (χ4v) is 12.8. The standard InChI is InChI=1S/C68H128O21P2/c1-7-11-15-19-22-25-27-28-29-30-31-33-36-40-44-48-59(70)86-66-64(82-51-49-56(80-6)47-43-38-18-14-10-4)62(88-90(73,74)75)58(53-79-5)85-67(66)83-54-57-61(72)63(81-50-45-41-37-34-26-23-20-16-12-8-2)65(68(84-57)89-91(76,77)78)87-60(71)52-55(69)46-42-39-35-32-24-21-17-13-9-3/h25,27,56-58,61-68,72H,7-24,26,28-54H2,1-6H3,(H2,73,74,75)(H2,76,77,78)/b27-25-/t56-,57-,58-,61-,62-,63+,64+,65-,66-,67-,68-/m1/s1. The van der Waals surface area contributed by atoms with Crippen LogP contribution in [0.15, 0.2) is 12.2 Å². The Morgan fingerprint density at radius 1 is 0.440 bits per heavy atom. The number of ketones is 1. The van der Waals surface area contributed by atoms with E-state index in [4.69, 9.17) is 51.7 Å². The van der Waals surface area contributed by atoms with Crippen molar-refractivity contribution in [1.82, 2.24) is 0 Å². The van der Waals surface area contributed by atoms with Crippen molar-refractivity contribution in [1.29, 1.82) is 0 Å². The molecule has 0 aromatic carbocycles. The van der Waals surface area contributed by atoms with Crippen molar-refractivity contribution < 1.29 is 99.9 Å². The van der Waals surface area contributed by atoms with Crippen LogP contribution in [-0.2, 0) is 75.2 Å². The lowest BCUT2D eigenvalue weighted by atomic mass is 9.97. The van der Waals surface area contributed by atoms with Gasteiger partial charge in [0.2, 0.25) is 6.29 Å². The summed E-state index contributed by atoms with van der Waals surface area (Å²) >= 11 is 0. The first-order valence-electron chi connectivity index (χ1n) is 35.8. The van der Waals surface area contributed by atoms with Crippen molar-refractivity contribution >= 4 is 33.4 Å². The first-order valence-corrected chi connectivity index (χ1v) is 38.9. The highest BCUT2D eigenvalue weighted by Crippen LogP contribution is 2.44. The van der Waals surface area contributed by atoms with Crippen molar-refractivity contribution in [3.05, 3.63) is 12.2 Å². The molecule has 5 N–H and O–H groups in total. The van der Waals surface area contributed by atoms with E-state index in [9.17, 15) is 48.2 Å². The zero-order valence-electron chi connectivity index (χ0n) is 57.2. The molecule has 2 aliphatic heterocycles. The average molecular weight is 1340 g/mol. The number of ether oxygens (including phenoxy) is 9. The first kappa shape index (κ1) is 85.3. The van der Waals surface area contributed by atoms with Crippen molar-refractivity contribution in [2.24, 2.45) is 0 Å². The summed E-state index contributed by atoms with van der Waals surface area (Å²) in [5.74, 6) is -2.10. The number of phosphoric acid groups is 2. The summed E-state index contributed by atoms with van der Waals surface area (Å²) < 4.78 is 90.8. The van der Waals surface area contributed by atoms with Gasteiger partial charge in [-0.1, -0.05) is 232 Å². The zero-order valence-corrected chi connectivity index (χ0v) is 59.0. The molecule has 2 fully saturated rings. The van der Waals surface area contributed by atoms with Gasteiger partial charge in [0, 0.05) is 40.3 Å². The van der Waals surface area contributed by atoms with E-state index >= 15 is 0 Å². The van der Waals surface area contributed by atoms with E-state index in [1.165, 1.54) is 84.2 Å². The van der Waals surface area contributed by atoms with Gasteiger partial charge in [-0.25, -0.2) is 9.13 Å². The Bertz CT molecular complexity index is 1920. The molecule has 2 saturated heterocycles. The van der Waals surface area contributed by atoms with Crippen molar-refractivity contribution in [3.63, 3.8) is 0 Å². The van der Waals surface area contributed by atoms with Crippen LogP contribution < -0.4 is 0 Å². The van der Waals surface area contributed by atoms with E-state index < -0.39 is 102 Å². The average Bonchev–Trinajstić information content (AvgIpc) is 0.808. The largest absolute Gasteiger partial charge is 0.472 e. The number of rotatable bonds is 61. The number of methoxy groups -OCH3 is 2. The number of esters is 2. The number of phosphoric ester groups is 2. The number of hydrogen-bond acceptors (Lipinski definition) is 17.